The molecule has 0 aromatic rings. The highest BCUT2D eigenvalue weighted by molar-refractivity contribution is 4.70. The molecule has 5 heteroatoms. The first-order valence-electron chi connectivity index (χ1n) is 4.28. The van der Waals surface area contributed by atoms with Crippen LogP contribution in [0.25, 0.3) is 0 Å². The minimum atomic E-state index is -4.25. The van der Waals surface area contributed by atoms with Crippen molar-refractivity contribution in [2.75, 3.05) is 6.54 Å². The van der Waals surface area contributed by atoms with Crippen LogP contribution >= 0.6 is 0 Å². The van der Waals surface area contributed by atoms with Crippen LogP contribution in [0.1, 0.15) is 27.2 Å². The van der Waals surface area contributed by atoms with E-state index in [0.29, 0.717) is 6.42 Å². The molecule has 1 N–H and O–H groups in total. The molecule has 13 heavy (non-hydrogen) atoms. The average molecular weight is 199 g/mol. The first-order chi connectivity index (χ1) is 5.78. The fraction of sp³-hybridized carbons (Fsp3) is 1.00. The summed E-state index contributed by atoms with van der Waals surface area (Å²) in [6, 6.07) is -0.262. The van der Waals surface area contributed by atoms with E-state index in [9.17, 15) is 13.2 Å². The van der Waals surface area contributed by atoms with Crippen LogP contribution < -0.4 is 0 Å². The van der Waals surface area contributed by atoms with Crippen molar-refractivity contribution in [1.82, 2.24) is 4.90 Å². The summed E-state index contributed by atoms with van der Waals surface area (Å²) in [6.07, 6.45) is -4.72. The van der Waals surface area contributed by atoms with Gasteiger partial charge in [0.15, 0.2) is 0 Å². The molecule has 80 valence electrons. The minimum Gasteiger partial charge on any atom is -0.379 e. The van der Waals surface area contributed by atoms with E-state index in [1.54, 1.807) is 13.8 Å². The third-order valence-corrected chi connectivity index (χ3v) is 2.00. The smallest absolute Gasteiger partial charge is 0.379 e. The van der Waals surface area contributed by atoms with E-state index in [0.717, 1.165) is 4.90 Å². The number of aliphatic hydroxyl groups excluding tert-OH is 1. The Hall–Kier alpha value is -0.290. The van der Waals surface area contributed by atoms with Gasteiger partial charge in [-0.1, -0.05) is 6.92 Å². The molecule has 0 fully saturated rings. The summed E-state index contributed by atoms with van der Waals surface area (Å²) < 4.78 is 36.0. The summed E-state index contributed by atoms with van der Waals surface area (Å²) >= 11 is 0. The molecule has 2 nitrogen and oxygen atoms in total. The molecule has 0 aliphatic carbocycles. The van der Waals surface area contributed by atoms with Gasteiger partial charge in [0.1, 0.15) is 6.23 Å². The van der Waals surface area contributed by atoms with Crippen LogP contribution in [0.3, 0.4) is 0 Å². The van der Waals surface area contributed by atoms with Gasteiger partial charge in [-0.15, -0.1) is 0 Å². The molecule has 0 aromatic carbocycles. The highest BCUT2D eigenvalue weighted by atomic mass is 19.4. The Morgan fingerprint density at radius 2 is 1.77 bits per heavy atom. The highest BCUT2D eigenvalue weighted by Crippen LogP contribution is 2.20. The Bertz CT molecular complexity index is 147. The van der Waals surface area contributed by atoms with E-state index in [4.69, 9.17) is 5.11 Å². The average Bonchev–Trinajstić information content (AvgIpc) is 1.96. The number of aliphatic hydroxyl groups is 1. The van der Waals surface area contributed by atoms with Crippen LogP contribution in [0.2, 0.25) is 0 Å². The van der Waals surface area contributed by atoms with Crippen LogP contribution in [0.5, 0.6) is 0 Å². The van der Waals surface area contributed by atoms with Crippen molar-refractivity contribution in [2.24, 2.45) is 0 Å². The molecular formula is C8H16F3NO. The fourth-order valence-corrected chi connectivity index (χ4v) is 1.10. The van der Waals surface area contributed by atoms with Crippen molar-refractivity contribution >= 4 is 0 Å². The van der Waals surface area contributed by atoms with Crippen molar-refractivity contribution < 1.29 is 18.3 Å². The van der Waals surface area contributed by atoms with E-state index >= 15 is 0 Å². The molecule has 0 aromatic heterocycles. The highest BCUT2D eigenvalue weighted by Gasteiger charge is 2.33. The molecule has 0 rings (SSSR count). The van der Waals surface area contributed by atoms with Gasteiger partial charge in [-0.05, 0) is 20.3 Å². The zero-order valence-electron chi connectivity index (χ0n) is 8.10. The molecule has 0 spiro atoms. The number of nitrogens with zero attached hydrogens (tertiary/aromatic N) is 1. The summed E-state index contributed by atoms with van der Waals surface area (Å²) in [7, 11) is 0. The molecule has 2 unspecified atom stereocenters. The first kappa shape index (κ1) is 12.7. The van der Waals surface area contributed by atoms with Crippen molar-refractivity contribution in [3.05, 3.63) is 0 Å². The van der Waals surface area contributed by atoms with Crippen LogP contribution in [0.4, 0.5) is 13.2 Å². The lowest BCUT2D eigenvalue weighted by Crippen LogP contribution is -2.45. The summed E-state index contributed by atoms with van der Waals surface area (Å²) in [6.45, 7) is 3.74. The predicted octanol–water partition coefficient (Wildman–Crippen LogP) is 1.99. The number of hydrogen-bond donors (Lipinski definition) is 1. The Morgan fingerprint density at radius 3 is 2.00 bits per heavy atom. The van der Waals surface area contributed by atoms with Gasteiger partial charge in [0.05, 0.1) is 6.54 Å². The second kappa shape index (κ2) is 4.81. The van der Waals surface area contributed by atoms with Crippen LogP contribution in [0, 0.1) is 0 Å². The molecule has 0 radical (unpaired) electrons. The zero-order chi connectivity index (χ0) is 10.6. The van der Waals surface area contributed by atoms with Crippen LogP contribution in [0.15, 0.2) is 0 Å². The Labute approximate surface area is 76.3 Å². The Morgan fingerprint density at radius 1 is 1.31 bits per heavy atom. The van der Waals surface area contributed by atoms with Crippen LogP contribution in [-0.4, -0.2) is 35.0 Å². The van der Waals surface area contributed by atoms with Crippen molar-refractivity contribution in [3.8, 4) is 0 Å². The third kappa shape index (κ3) is 5.10. The van der Waals surface area contributed by atoms with E-state index in [1.165, 1.54) is 6.92 Å². The van der Waals surface area contributed by atoms with Gasteiger partial charge in [-0.3, -0.25) is 4.90 Å². The molecule has 2 atom stereocenters. The van der Waals surface area contributed by atoms with Gasteiger partial charge in [0, 0.05) is 6.04 Å². The number of hydrogen-bond acceptors (Lipinski definition) is 2. The van der Waals surface area contributed by atoms with Gasteiger partial charge in [-0.25, -0.2) is 0 Å². The van der Waals surface area contributed by atoms with E-state index in [1.807, 2.05) is 0 Å². The van der Waals surface area contributed by atoms with Crippen molar-refractivity contribution in [2.45, 2.75) is 45.6 Å². The lowest BCUT2D eigenvalue weighted by Gasteiger charge is -2.31. The maximum atomic E-state index is 12.0. The van der Waals surface area contributed by atoms with E-state index < -0.39 is 18.9 Å². The first-order valence-corrected chi connectivity index (χ1v) is 4.28. The Balaban J connectivity index is 4.27. The van der Waals surface area contributed by atoms with E-state index in [-0.39, 0.29) is 6.04 Å². The molecular weight excluding hydrogens is 183 g/mol. The number of rotatable bonds is 4. The summed E-state index contributed by atoms with van der Waals surface area (Å²) in [4.78, 5) is 1.03. The largest absolute Gasteiger partial charge is 0.401 e. The van der Waals surface area contributed by atoms with Crippen LogP contribution in [-0.2, 0) is 0 Å². The Kier molecular flexibility index (Phi) is 4.70. The topological polar surface area (TPSA) is 23.5 Å². The molecule has 0 heterocycles. The van der Waals surface area contributed by atoms with Gasteiger partial charge < -0.3 is 5.11 Å². The SMILES string of the molecule is CCC(C)N(CC(F)(F)F)C(C)O. The number of halogens is 3. The third-order valence-electron chi connectivity index (χ3n) is 2.00. The second-order valence-electron chi connectivity index (χ2n) is 3.18. The monoisotopic (exact) mass is 199 g/mol. The zero-order valence-corrected chi connectivity index (χ0v) is 8.10. The van der Waals surface area contributed by atoms with Gasteiger partial charge in [0.2, 0.25) is 0 Å². The van der Waals surface area contributed by atoms with Crippen molar-refractivity contribution in [1.29, 1.82) is 0 Å². The molecule has 0 aliphatic heterocycles. The summed E-state index contributed by atoms with van der Waals surface area (Å²) in [5.74, 6) is 0. The van der Waals surface area contributed by atoms with Gasteiger partial charge in [0.25, 0.3) is 0 Å². The maximum Gasteiger partial charge on any atom is 0.401 e. The van der Waals surface area contributed by atoms with E-state index in [2.05, 4.69) is 0 Å². The van der Waals surface area contributed by atoms with Gasteiger partial charge >= 0.3 is 6.18 Å². The molecule has 0 aliphatic rings. The number of alkyl halides is 3. The molecule has 0 saturated heterocycles. The molecule has 0 amide bonds. The summed E-state index contributed by atoms with van der Waals surface area (Å²) in [5.41, 5.74) is 0. The second-order valence-corrected chi connectivity index (χ2v) is 3.18. The quantitative estimate of drug-likeness (QED) is 0.700. The lowest BCUT2D eigenvalue weighted by molar-refractivity contribution is -0.171. The lowest BCUT2D eigenvalue weighted by atomic mass is 10.2. The molecule has 0 bridgehead atoms. The van der Waals surface area contributed by atoms with Gasteiger partial charge in [-0.2, -0.15) is 13.2 Å². The molecule has 0 saturated carbocycles. The fourth-order valence-electron chi connectivity index (χ4n) is 1.10. The maximum absolute atomic E-state index is 12.0. The van der Waals surface area contributed by atoms with Crippen molar-refractivity contribution in [3.63, 3.8) is 0 Å². The minimum absolute atomic E-state index is 0.262. The summed E-state index contributed by atoms with van der Waals surface area (Å²) in [5, 5.41) is 9.10. The standard InChI is InChI=1S/C8H16F3NO/c1-4-6(2)12(7(3)13)5-8(9,10)11/h6-7,13H,4-5H2,1-3H3. The normalized spacial score (nSPS) is 17.5. The predicted molar refractivity (Wildman–Crippen MR) is 44.2 cm³/mol.